The second kappa shape index (κ2) is 8.94. The van der Waals surface area contributed by atoms with Gasteiger partial charge in [-0.2, -0.15) is 8.78 Å². The smallest absolute Gasteiger partial charge is 0.387 e. The van der Waals surface area contributed by atoms with Gasteiger partial charge in [-0.25, -0.2) is 8.78 Å². The van der Waals surface area contributed by atoms with Crippen molar-refractivity contribution in [3.8, 4) is 5.75 Å². The molecule has 1 aromatic carbocycles. The molecule has 23 heavy (non-hydrogen) atoms. The Hall–Kier alpha value is -1.52. The second-order valence-electron chi connectivity index (χ2n) is 6.01. The lowest BCUT2D eigenvalue weighted by Crippen LogP contribution is -2.13. The summed E-state index contributed by atoms with van der Waals surface area (Å²) in [4.78, 5) is 0. The first-order chi connectivity index (χ1) is 11.0. The quantitative estimate of drug-likeness (QED) is 0.429. The lowest BCUT2D eigenvalue weighted by Gasteiger charge is -2.28. The van der Waals surface area contributed by atoms with Gasteiger partial charge in [-0.3, -0.25) is 0 Å². The van der Waals surface area contributed by atoms with Crippen molar-refractivity contribution in [2.24, 2.45) is 5.92 Å². The van der Waals surface area contributed by atoms with Gasteiger partial charge in [0.15, 0.2) is 0 Å². The minimum Gasteiger partial charge on any atom is -0.435 e. The van der Waals surface area contributed by atoms with Crippen LogP contribution in [0, 0.1) is 5.92 Å². The van der Waals surface area contributed by atoms with E-state index in [4.69, 9.17) is 0 Å². The molecule has 1 fully saturated rings. The number of hydrogen-bond acceptors (Lipinski definition) is 1. The summed E-state index contributed by atoms with van der Waals surface area (Å²) >= 11 is 0. The zero-order valence-electron chi connectivity index (χ0n) is 12.9. The molecule has 0 heterocycles. The molecule has 5 heteroatoms. The van der Waals surface area contributed by atoms with Crippen LogP contribution in [0.25, 0.3) is 0 Å². The molecular weight excluding hydrogens is 308 g/mol. The van der Waals surface area contributed by atoms with Gasteiger partial charge in [0, 0.05) is 0 Å². The van der Waals surface area contributed by atoms with Gasteiger partial charge in [0.2, 0.25) is 0 Å². The first kappa shape index (κ1) is 17.8. The summed E-state index contributed by atoms with van der Waals surface area (Å²) in [6, 6.07) is 6.88. The average molecular weight is 330 g/mol. The maximum atomic E-state index is 12.1. The fraction of sp³-hybridized carbons (Fsp3) is 0.556. The lowest BCUT2D eigenvalue weighted by molar-refractivity contribution is -0.0498. The van der Waals surface area contributed by atoms with Crippen LogP contribution in [0.1, 0.15) is 50.0 Å². The first-order valence-electron chi connectivity index (χ1n) is 8.04. The normalized spacial score (nSPS) is 22.2. The van der Waals surface area contributed by atoms with E-state index in [9.17, 15) is 17.6 Å². The van der Waals surface area contributed by atoms with Crippen molar-refractivity contribution >= 4 is 0 Å². The van der Waals surface area contributed by atoms with Crippen LogP contribution in [-0.2, 0) is 0 Å². The first-order valence-corrected chi connectivity index (χ1v) is 8.04. The predicted octanol–water partition coefficient (Wildman–Crippen LogP) is 6.16. The Morgan fingerprint density at radius 2 is 1.65 bits per heavy atom. The van der Waals surface area contributed by atoms with Crippen molar-refractivity contribution in [2.75, 3.05) is 0 Å². The van der Waals surface area contributed by atoms with Gasteiger partial charge in [-0.05, 0) is 74.1 Å². The van der Waals surface area contributed by atoms with Gasteiger partial charge in [0.25, 0.3) is 6.43 Å². The third-order valence-corrected chi connectivity index (χ3v) is 4.45. The highest BCUT2D eigenvalue weighted by molar-refractivity contribution is 5.29. The standard InChI is InChI=1S/C18H22F4O/c19-17(20)4-2-1-3-13-5-7-14(8-6-13)15-9-11-16(12-10-15)23-18(21)22/h2,4,9-14,17-18H,1,3,5-8H2. The third kappa shape index (κ3) is 6.24. The summed E-state index contributed by atoms with van der Waals surface area (Å²) in [5.74, 6) is 1.22. The summed E-state index contributed by atoms with van der Waals surface area (Å²) in [5.41, 5.74) is 1.16. The van der Waals surface area contributed by atoms with Crippen molar-refractivity contribution in [3.05, 3.63) is 42.0 Å². The van der Waals surface area contributed by atoms with Gasteiger partial charge >= 0.3 is 6.61 Å². The van der Waals surface area contributed by atoms with Gasteiger partial charge in [-0.15, -0.1) is 0 Å². The summed E-state index contributed by atoms with van der Waals surface area (Å²) in [6.07, 6.45) is 6.10. The maximum absolute atomic E-state index is 12.1. The van der Waals surface area contributed by atoms with E-state index in [1.807, 2.05) is 12.1 Å². The van der Waals surface area contributed by atoms with Crippen LogP contribution < -0.4 is 4.74 Å². The number of ether oxygens (including phenoxy) is 1. The van der Waals surface area contributed by atoms with Crippen molar-refractivity contribution in [2.45, 2.75) is 57.5 Å². The molecule has 2 rings (SSSR count). The fourth-order valence-corrected chi connectivity index (χ4v) is 3.24. The molecule has 0 radical (unpaired) electrons. The Kier molecular flexibility index (Phi) is 6.93. The van der Waals surface area contributed by atoms with Gasteiger partial charge < -0.3 is 4.74 Å². The Morgan fingerprint density at radius 1 is 1.00 bits per heavy atom. The Morgan fingerprint density at radius 3 is 2.22 bits per heavy atom. The Balaban J connectivity index is 1.75. The van der Waals surface area contributed by atoms with Crippen LogP contribution in [0.4, 0.5) is 17.6 Å². The summed E-state index contributed by atoms with van der Waals surface area (Å²) in [6.45, 7) is -2.80. The van der Waals surface area contributed by atoms with Crippen molar-refractivity contribution in [1.29, 1.82) is 0 Å². The average Bonchev–Trinajstić information content (AvgIpc) is 2.52. The number of alkyl halides is 4. The molecule has 0 spiro atoms. The molecule has 1 aliphatic rings. The van der Waals surface area contributed by atoms with Crippen LogP contribution >= 0.6 is 0 Å². The van der Waals surface area contributed by atoms with E-state index in [2.05, 4.69) is 4.74 Å². The SMILES string of the molecule is FC(F)C=CCCC1CCC(c2ccc(OC(F)F)cc2)CC1. The molecule has 1 aromatic rings. The number of halogens is 4. The molecule has 1 nitrogen and oxygen atoms in total. The molecule has 0 amide bonds. The van der Waals surface area contributed by atoms with E-state index in [0.717, 1.165) is 43.7 Å². The van der Waals surface area contributed by atoms with E-state index in [0.29, 0.717) is 18.3 Å². The van der Waals surface area contributed by atoms with Crippen LogP contribution in [0.3, 0.4) is 0 Å². The van der Waals surface area contributed by atoms with Crippen LogP contribution in [0.2, 0.25) is 0 Å². The van der Waals surface area contributed by atoms with E-state index in [-0.39, 0.29) is 5.75 Å². The highest BCUT2D eigenvalue weighted by Gasteiger charge is 2.22. The second-order valence-corrected chi connectivity index (χ2v) is 6.01. The maximum Gasteiger partial charge on any atom is 0.387 e. The zero-order chi connectivity index (χ0) is 16.7. The van der Waals surface area contributed by atoms with Crippen LogP contribution in [0.15, 0.2) is 36.4 Å². The minimum absolute atomic E-state index is 0.184. The number of allylic oxidation sites excluding steroid dienone is 2. The summed E-state index contributed by atoms with van der Waals surface area (Å²) in [7, 11) is 0. The Bertz CT molecular complexity index is 476. The highest BCUT2D eigenvalue weighted by atomic mass is 19.3. The van der Waals surface area contributed by atoms with Gasteiger partial charge in [0.1, 0.15) is 5.75 Å². The summed E-state index contributed by atoms with van der Waals surface area (Å²) in [5, 5.41) is 0. The molecule has 0 atom stereocenters. The zero-order valence-corrected chi connectivity index (χ0v) is 12.9. The predicted molar refractivity (Wildman–Crippen MR) is 82.2 cm³/mol. The third-order valence-electron chi connectivity index (χ3n) is 4.45. The minimum atomic E-state index is -2.80. The van der Waals surface area contributed by atoms with Crippen LogP contribution in [0.5, 0.6) is 5.75 Å². The fourth-order valence-electron chi connectivity index (χ4n) is 3.24. The van der Waals surface area contributed by atoms with Crippen molar-refractivity contribution < 1.29 is 22.3 Å². The Labute approximate surface area is 134 Å². The van der Waals surface area contributed by atoms with E-state index in [1.54, 1.807) is 18.2 Å². The largest absolute Gasteiger partial charge is 0.435 e. The molecule has 0 saturated heterocycles. The molecule has 0 aliphatic heterocycles. The summed E-state index contributed by atoms with van der Waals surface area (Å²) < 4.78 is 52.6. The van der Waals surface area contributed by atoms with Gasteiger partial charge in [-0.1, -0.05) is 18.2 Å². The molecule has 1 saturated carbocycles. The molecule has 0 aromatic heterocycles. The number of rotatable bonds is 7. The molecular formula is C18H22F4O. The molecule has 128 valence electrons. The molecule has 0 N–H and O–H groups in total. The number of benzene rings is 1. The molecule has 0 bridgehead atoms. The molecule has 1 aliphatic carbocycles. The van der Waals surface area contributed by atoms with E-state index < -0.39 is 13.0 Å². The molecule has 0 unspecified atom stereocenters. The number of hydrogen-bond donors (Lipinski definition) is 0. The van der Waals surface area contributed by atoms with Crippen LogP contribution in [-0.4, -0.2) is 13.0 Å². The van der Waals surface area contributed by atoms with E-state index >= 15 is 0 Å². The lowest BCUT2D eigenvalue weighted by atomic mass is 9.77. The van der Waals surface area contributed by atoms with Crippen molar-refractivity contribution in [1.82, 2.24) is 0 Å². The highest BCUT2D eigenvalue weighted by Crippen LogP contribution is 2.38. The van der Waals surface area contributed by atoms with Gasteiger partial charge in [0.05, 0.1) is 0 Å². The van der Waals surface area contributed by atoms with E-state index in [1.165, 1.54) is 0 Å². The van der Waals surface area contributed by atoms with Crippen molar-refractivity contribution in [3.63, 3.8) is 0 Å². The topological polar surface area (TPSA) is 9.23 Å². The monoisotopic (exact) mass is 330 g/mol.